The minimum Gasteiger partial charge on any atom is -0.464 e. The molecule has 0 aliphatic rings. The van der Waals surface area contributed by atoms with Crippen LogP contribution in [0.3, 0.4) is 0 Å². The molecule has 14 nitrogen and oxygen atoms in total. The molecule has 0 fully saturated rings. The molecule has 0 saturated heterocycles. The summed E-state index contributed by atoms with van der Waals surface area (Å²) >= 11 is 3.32. The maximum Gasteiger partial charge on any atom is 0.166 e. The summed E-state index contributed by atoms with van der Waals surface area (Å²) in [4.78, 5) is 24.4. The summed E-state index contributed by atoms with van der Waals surface area (Å²) in [5, 5.41) is 20.9. The first kappa shape index (κ1) is 139. The highest BCUT2D eigenvalue weighted by Gasteiger charge is 1.96. The van der Waals surface area contributed by atoms with Crippen molar-refractivity contribution in [1.29, 1.82) is 0 Å². The number of nitrogens with one attached hydrogen (secondary N) is 5. The molecule has 13 heterocycles. The smallest absolute Gasteiger partial charge is 0.166 e. The number of para-hydroxylation sites is 6. The number of H-pyrrole nitrogens is 5. The number of aromatic nitrogens is 12. The van der Waals surface area contributed by atoms with E-state index < -0.39 is 0 Å². The molecule has 720 valence electrons. The molecule has 0 aliphatic heterocycles. The first-order valence-electron chi connectivity index (χ1n) is 48.7. The number of benzene rings is 7. The topological polar surface area (TPSA) is 187 Å². The first-order valence-corrected chi connectivity index (χ1v) is 50.3. The molecule has 5 N–H and O–H groups in total. The van der Waals surface area contributed by atoms with Gasteiger partial charge in [-0.2, -0.15) is 9.47 Å². The molecule has 0 saturated carbocycles. The Morgan fingerprint density at radius 3 is 1.23 bits per heavy atom. The van der Waals surface area contributed by atoms with Crippen molar-refractivity contribution in [2.45, 2.75) is 277 Å². The van der Waals surface area contributed by atoms with E-state index in [9.17, 15) is 0 Å². The van der Waals surface area contributed by atoms with Gasteiger partial charge in [-0.05, 0) is 155 Å². The highest BCUT2D eigenvalue weighted by Crippen LogP contribution is 2.20. The molecule has 13 aromatic heterocycles. The molecule has 0 spiro atoms. The summed E-state index contributed by atoms with van der Waals surface area (Å²) < 4.78 is 18.7. The Morgan fingerprint density at radius 1 is 0.277 bits per heavy atom. The molecule has 0 aliphatic carbocycles. The lowest BCUT2D eigenvalue weighted by Gasteiger charge is -1.88. The van der Waals surface area contributed by atoms with Crippen molar-refractivity contribution in [3.05, 3.63) is 335 Å². The predicted octanol–water partition coefficient (Wildman–Crippen LogP) is 40.3. The van der Waals surface area contributed by atoms with Gasteiger partial charge in [0.15, 0.2) is 5.58 Å². The molecule has 16 heteroatoms. The molecule has 7 aromatic carbocycles. The molecule has 0 radical (unpaired) electrons. The summed E-state index contributed by atoms with van der Waals surface area (Å²) in [6.07, 6.45) is 24.0. The Labute approximate surface area is 799 Å². The van der Waals surface area contributed by atoms with E-state index in [1.807, 2.05) is 502 Å². The average Bonchev–Trinajstić information content (AvgIpc) is 1.84. The van der Waals surface area contributed by atoms with Gasteiger partial charge in [-0.3, -0.25) is 15.1 Å². The second kappa shape index (κ2) is 113. The predicted molar refractivity (Wildman–Crippen MR) is 599 cm³/mol. The average molecular weight is 1810 g/mol. The lowest BCUT2D eigenvalue weighted by atomic mass is 10.3. The molecule has 20 aromatic rings. The van der Waals surface area contributed by atoms with E-state index in [0.717, 1.165) is 65.8 Å². The Kier molecular flexibility index (Phi) is 120. The lowest BCUT2D eigenvalue weighted by molar-refractivity contribution is 0.456. The highest BCUT2D eigenvalue weighted by molar-refractivity contribution is 7.17. The third-order valence-corrected chi connectivity index (χ3v) is 15.2. The van der Waals surface area contributed by atoms with Crippen LogP contribution in [0.1, 0.15) is 277 Å². The minimum absolute atomic E-state index is 0.845. The third-order valence-electron chi connectivity index (χ3n) is 13.5. The number of hydrogen-bond acceptors (Lipinski definition) is 10. The van der Waals surface area contributed by atoms with Crippen LogP contribution in [0, 0.1) is 0 Å². The molecular formula is C114H180N12O2S2. The van der Waals surface area contributed by atoms with E-state index >= 15 is 0 Å². The highest BCUT2D eigenvalue weighted by atomic mass is 32.1. The zero-order chi connectivity index (χ0) is 101. The number of aromatic amines is 5. The Hall–Kier alpha value is -12.0. The van der Waals surface area contributed by atoms with Gasteiger partial charge < -0.3 is 33.3 Å². The SMILES string of the molecule is CC.CC.CC.CC.CC.CC.CC.CC.CC.CC.CC.CC.CC.CC.CC.CC.CC.CC.CC.CC.c1cc2[nH]ccc2cn1.c1ccc2[nH]ccc2c1.c1ccc2[nH]cnc2c1.c1ccc2[nH]ncc2c1.c1ccc2occc2c1.c1ccc2oncc2c1.c1ccc2sccc2c1.c1ccc2sncc2c1.c1ccn2cccc2c1.c1cnc2cc[nH]c2c1. The fourth-order valence-electron chi connectivity index (χ4n) is 8.95. The van der Waals surface area contributed by atoms with Crippen LogP contribution in [0.2, 0.25) is 0 Å². The number of thiophene rings is 1. The van der Waals surface area contributed by atoms with Crippen LogP contribution in [0.25, 0.3) is 102 Å². The van der Waals surface area contributed by atoms with Crippen LogP contribution >= 0.6 is 22.9 Å². The number of nitrogens with zero attached hydrogens (tertiary/aromatic N) is 7. The van der Waals surface area contributed by atoms with Gasteiger partial charge in [-0.1, -0.05) is 403 Å². The van der Waals surface area contributed by atoms with Crippen LogP contribution in [0.4, 0.5) is 0 Å². The van der Waals surface area contributed by atoms with Crippen molar-refractivity contribution >= 4 is 125 Å². The molecule has 0 bridgehead atoms. The molecule has 0 atom stereocenters. The van der Waals surface area contributed by atoms with Crippen molar-refractivity contribution in [3.8, 4) is 0 Å². The maximum absolute atomic E-state index is 5.12. The summed E-state index contributed by atoms with van der Waals surface area (Å²) in [7, 11) is 0. The first-order chi connectivity index (χ1) is 64.7. The Morgan fingerprint density at radius 2 is 0.700 bits per heavy atom. The van der Waals surface area contributed by atoms with E-state index in [1.165, 1.54) is 48.1 Å². The Bertz CT molecular complexity index is 3920. The number of rotatable bonds is 0. The van der Waals surface area contributed by atoms with Gasteiger partial charge in [-0.25, -0.2) is 4.98 Å². The van der Waals surface area contributed by atoms with Crippen LogP contribution < -0.4 is 0 Å². The van der Waals surface area contributed by atoms with Gasteiger partial charge in [0.1, 0.15) is 5.58 Å². The second-order valence-electron chi connectivity index (χ2n) is 19.5. The number of imidazole rings is 1. The van der Waals surface area contributed by atoms with Gasteiger partial charge in [0.2, 0.25) is 0 Å². The molecular weight excluding hydrogens is 1630 g/mol. The van der Waals surface area contributed by atoms with Crippen molar-refractivity contribution in [2.75, 3.05) is 0 Å². The van der Waals surface area contributed by atoms with Crippen molar-refractivity contribution in [1.82, 2.24) is 59.0 Å². The molecule has 0 unspecified atom stereocenters. The standard InChI is InChI=1S/2C8H7N.C8H6O.C8H6S.4C7H6N2.C7H5NO.C7H5NS.20C2H6/c1-2-6-9-7-3-5-8(9)4-1;3*1-2-4-8-7(3-1)5-6-9-8;1-4-9-7-2-3-8-5-6(1)7;1-2-6-7(8-4-1)3-5-9-6;1-2-4-7-6(3-1)8-5-9-7;3*1-2-4-7-6(3-1)5-8-9-7;20*1-2/h1-7H;1-6,9H;2*1-6H;2*1-5,9H;2*1-5H,(H,8,9);2*1-5H;20*1-2H3. The van der Waals surface area contributed by atoms with Gasteiger partial charge in [0, 0.05) is 104 Å². The normalized spacial score (nSPS) is 8.00. The number of fused-ring (bicyclic) bond motifs is 10. The maximum atomic E-state index is 5.12. The number of pyridine rings is 3. The van der Waals surface area contributed by atoms with E-state index in [4.69, 9.17) is 8.94 Å². The van der Waals surface area contributed by atoms with Gasteiger partial charge >= 0.3 is 0 Å². The van der Waals surface area contributed by atoms with Crippen molar-refractivity contribution in [3.63, 3.8) is 0 Å². The minimum atomic E-state index is 0.845. The van der Waals surface area contributed by atoms with E-state index in [0.29, 0.717) is 0 Å². The number of furan rings is 1. The molecule has 130 heavy (non-hydrogen) atoms. The quantitative estimate of drug-likeness (QED) is 0.0992. The lowest BCUT2D eigenvalue weighted by Crippen LogP contribution is -1.75. The molecule has 20 rings (SSSR count). The van der Waals surface area contributed by atoms with Crippen LogP contribution in [0.15, 0.2) is 344 Å². The van der Waals surface area contributed by atoms with E-state index in [-0.39, 0.29) is 0 Å². The second-order valence-corrected chi connectivity index (χ2v) is 21.3. The van der Waals surface area contributed by atoms with Crippen molar-refractivity contribution < 1.29 is 8.94 Å². The Balaban J connectivity index is -0.000000147. The zero-order valence-electron chi connectivity index (χ0n) is 88.5. The van der Waals surface area contributed by atoms with E-state index in [1.54, 1.807) is 42.5 Å². The van der Waals surface area contributed by atoms with E-state index in [2.05, 4.69) is 137 Å². The van der Waals surface area contributed by atoms with Crippen molar-refractivity contribution in [2.24, 2.45) is 0 Å². The fraction of sp³-hybridized carbons (Fsp3) is 0.351. The monoisotopic (exact) mass is 1810 g/mol. The summed E-state index contributed by atoms with van der Waals surface area (Å²) in [6, 6.07) is 82.7. The molecule has 0 amide bonds. The third kappa shape index (κ3) is 61.5. The summed E-state index contributed by atoms with van der Waals surface area (Å²) in [5.41, 5.74) is 10.7. The number of hydrogen-bond donors (Lipinski definition) is 5. The van der Waals surface area contributed by atoms with Gasteiger partial charge in [-0.15, -0.1) is 11.3 Å². The summed E-state index contributed by atoms with van der Waals surface area (Å²) in [5.74, 6) is 0. The largest absolute Gasteiger partial charge is 0.464 e. The van der Waals surface area contributed by atoms with Crippen LogP contribution in [-0.2, 0) is 0 Å². The fourth-order valence-corrected chi connectivity index (χ4v) is 10.4. The van der Waals surface area contributed by atoms with Gasteiger partial charge in [0.05, 0.1) is 57.3 Å². The van der Waals surface area contributed by atoms with Crippen LogP contribution in [0.5, 0.6) is 0 Å². The van der Waals surface area contributed by atoms with Gasteiger partial charge in [0.25, 0.3) is 0 Å². The zero-order valence-corrected chi connectivity index (χ0v) is 90.2. The van der Waals surface area contributed by atoms with Crippen LogP contribution in [-0.4, -0.2) is 59.0 Å². The summed E-state index contributed by atoms with van der Waals surface area (Å²) in [6.45, 7) is 80.0.